The van der Waals surface area contributed by atoms with Crippen LogP contribution in [0.2, 0.25) is 0 Å². The lowest BCUT2D eigenvalue weighted by molar-refractivity contribution is -0.146. The summed E-state index contributed by atoms with van der Waals surface area (Å²) in [6, 6.07) is 4.83. The maximum atomic E-state index is 12.5. The number of aryl methyl sites for hydroxylation is 2. The minimum absolute atomic E-state index is 0.225. The standard InChI is InChI=1S/C19H22N2O3/c1-11-8-9-14(10-12(11)2)20-17(22)13(3)21-18(23)15-6-4-5-7-16(15)19(21)24/h4-5,8-10,13,15-16H,6-7H2,1-3H3,(H,20,22)/t13-,15?,16?/m0/s1. The molecule has 24 heavy (non-hydrogen) atoms. The van der Waals surface area contributed by atoms with Gasteiger partial charge in [-0.3, -0.25) is 19.3 Å². The Balaban J connectivity index is 1.74. The second-order valence-corrected chi connectivity index (χ2v) is 6.67. The Morgan fingerprint density at radius 3 is 2.21 bits per heavy atom. The molecule has 0 saturated carbocycles. The minimum atomic E-state index is -0.808. The summed E-state index contributed by atoms with van der Waals surface area (Å²) in [7, 11) is 0. The average Bonchev–Trinajstić information content (AvgIpc) is 2.82. The molecule has 1 aliphatic heterocycles. The second-order valence-electron chi connectivity index (χ2n) is 6.67. The fourth-order valence-electron chi connectivity index (χ4n) is 3.39. The van der Waals surface area contributed by atoms with Crippen LogP contribution in [0.25, 0.3) is 0 Å². The summed E-state index contributed by atoms with van der Waals surface area (Å²) in [5, 5.41) is 2.81. The topological polar surface area (TPSA) is 66.5 Å². The maximum Gasteiger partial charge on any atom is 0.247 e. The van der Waals surface area contributed by atoms with Gasteiger partial charge in [0.05, 0.1) is 11.8 Å². The Bertz CT molecular complexity index is 712. The van der Waals surface area contributed by atoms with Crippen LogP contribution in [-0.2, 0) is 14.4 Å². The summed E-state index contributed by atoms with van der Waals surface area (Å²) in [6.45, 7) is 5.58. The monoisotopic (exact) mass is 326 g/mol. The molecule has 0 aromatic heterocycles. The van der Waals surface area contributed by atoms with Gasteiger partial charge in [-0.05, 0) is 56.9 Å². The molecule has 5 heteroatoms. The van der Waals surface area contributed by atoms with E-state index in [1.165, 1.54) is 0 Å². The number of hydrogen-bond acceptors (Lipinski definition) is 3. The van der Waals surface area contributed by atoms with Crippen LogP contribution in [0, 0.1) is 25.7 Å². The van der Waals surface area contributed by atoms with Gasteiger partial charge in [0, 0.05) is 5.69 Å². The molecule has 1 fully saturated rings. The number of likely N-dealkylation sites (tertiary alicyclic amines) is 1. The third-order valence-corrected chi connectivity index (χ3v) is 5.08. The van der Waals surface area contributed by atoms with Crippen molar-refractivity contribution in [1.29, 1.82) is 0 Å². The number of anilines is 1. The predicted octanol–water partition coefficient (Wildman–Crippen LogP) is 2.58. The summed E-state index contributed by atoms with van der Waals surface area (Å²) in [4.78, 5) is 38.7. The van der Waals surface area contributed by atoms with Crippen LogP contribution in [0.15, 0.2) is 30.4 Å². The minimum Gasteiger partial charge on any atom is -0.324 e. The van der Waals surface area contributed by atoms with Crippen molar-refractivity contribution >= 4 is 23.4 Å². The van der Waals surface area contributed by atoms with Crippen molar-refractivity contribution in [2.45, 2.75) is 39.7 Å². The molecule has 1 saturated heterocycles. The first kappa shape index (κ1) is 16.4. The van der Waals surface area contributed by atoms with Crippen LogP contribution < -0.4 is 5.32 Å². The van der Waals surface area contributed by atoms with Gasteiger partial charge in [-0.15, -0.1) is 0 Å². The largest absolute Gasteiger partial charge is 0.324 e. The van der Waals surface area contributed by atoms with Crippen LogP contribution in [-0.4, -0.2) is 28.7 Å². The molecule has 0 bridgehead atoms. The summed E-state index contributed by atoms with van der Waals surface area (Å²) >= 11 is 0. The van der Waals surface area contributed by atoms with Crippen LogP contribution in [0.3, 0.4) is 0 Å². The van der Waals surface area contributed by atoms with Gasteiger partial charge in [-0.1, -0.05) is 18.2 Å². The van der Waals surface area contributed by atoms with Gasteiger partial charge in [0.1, 0.15) is 6.04 Å². The number of imide groups is 1. The molecule has 1 aliphatic carbocycles. The number of carbonyl (C=O) groups excluding carboxylic acids is 3. The van der Waals surface area contributed by atoms with E-state index in [1.54, 1.807) is 6.92 Å². The van der Waals surface area contributed by atoms with Gasteiger partial charge in [0.25, 0.3) is 0 Å². The Labute approximate surface area is 141 Å². The Kier molecular flexibility index (Phi) is 4.26. The number of carbonyl (C=O) groups is 3. The lowest BCUT2D eigenvalue weighted by atomic mass is 9.85. The highest BCUT2D eigenvalue weighted by molar-refractivity contribution is 6.10. The zero-order chi connectivity index (χ0) is 17.4. The summed E-state index contributed by atoms with van der Waals surface area (Å²) in [6.07, 6.45) is 5.04. The highest BCUT2D eigenvalue weighted by Crippen LogP contribution is 2.36. The average molecular weight is 326 g/mol. The molecule has 0 spiro atoms. The van der Waals surface area contributed by atoms with E-state index in [9.17, 15) is 14.4 Å². The van der Waals surface area contributed by atoms with E-state index in [0.29, 0.717) is 18.5 Å². The second kappa shape index (κ2) is 6.23. The van der Waals surface area contributed by atoms with Crippen molar-refractivity contribution in [3.63, 3.8) is 0 Å². The van der Waals surface area contributed by atoms with Gasteiger partial charge < -0.3 is 5.32 Å². The molecule has 5 nitrogen and oxygen atoms in total. The first-order valence-corrected chi connectivity index (χ1v) is 8.30. The SMILES string of the molecule is Cc1ccc(NC(=O)[C@H](C)N2C(=O)C3CC=CCC3C2=O)cc1C. The molecule has 1 heterocycles. The van der Waals surface area contributed by atoms with E-state index < -0.39 is 6.04 Å². The van der Waals surface area contributed by atoms with Crippen LogP contribution in [0.5, 0.6) is 0 Å². The van der Waals surface area contributed by atoms with E-state index >= 15 is 0 Å². The van der Waals surface area contributed by atoms with Crippen molar-refractivity contribution in [3.8, 4) is 0 Å². The first-order valence-electron chi connectivity index (χ1n) is 8.30. The molecule has 3 atom stereocenters. The third kappa shape index (κ3) is 2.75. The number of hydrogen-bond donors (Lipinski definition) is 1. The van der Waals surface area contributed by atoms with Crippen LogP contribution in [0.4, 0.5) is 5.69 Å². The fraction of sp³-hybridized carbons (Fsp3) is 0.421. The molecule has 126 valence electrons. The van der Waals surface area contributed by atoms with Crippen LogP contribution in [0.1, 0.15) is 30.9 Å². The molecule has 2 aliphatic rings. The maximum absolute atomic E-state index is 12.5. The quantitative estimate of drug-likeness (QED) is 0.686. The number of nitrogens with zero attached hydrogens (tertiary/aromatic N) is 1. The molecule has 1 aromatic rings. The third-order valence-electron chi connectivity index (χ3n) is 5.08. The normalized spacial score (nSPS) is 24.0. The Morgan fingerprint density at radius 1 is 1.08 bits per heavy atom. The molecule has 2 unspecified atom stereocenters. The zero-order valence-electron chi connectivity index (χ0n) is 14.2. The zero-order valence-corrected chi connectivity index (χ0v) is 14.2. The van der Waals surface area contributed by atoms with Gasteiger partial charge in [0.15, 0.2) is 0 Å². The number of allylic oxidation sites excluding steroid dienone is 2. The highest BCUT2D eigenvalue weighted by atomic mass is 16.2. The molecular formula is C19H22N2O3. The van der Waals surface area contributed by atoms with Crippen LogP contribution >= 0.6 is 0 Å². The van der Waals surface area contributed by atoms with Crippen molar-refractivity contribution in [2.75, 3.05) is 5.32 Å². The van der Waals surface area contributed by atoms with Crippen molar-refractivity contribution in [2.24, 2.45) is 11.8 Å². The first-order chi connectivity index (χ1) is 11.4. The van der Waals surface area contributed by atoms with E-state index in [2.05, 4.69) is 5.32 Å². The molecular weight excluding hydrogens is 304 g/mol. The summed E-state index contributed by atoms with van der Waals surface area (Å²) in [5.41, 5.74) is 2.89. The van der Waals surface area contributed by atoms with E-state index in [1.807, 2.05) is 44.2 Å². The molecule has 1 aromatic carbocycles. The number of fused-ring (bicyclic) bond motifs is 1. The number of amides is 3. The van der Waals surface area contributed by atoms with Crippen molar-refractivity contribution in [3.05, 3.63) is 41.5 Å². The molecule has 1 N–H and O–H groups in total. The Morgan fingerprint density at radius 2 is 1.67 bits per heavy atom. The lowest BCUT2D eigenvalue weighted by Crippen LogP contribution is -2.46. The summed E-state index contributed by atoms with van der Waals surface area (Å²) in [5.74, 6) is -1.40. The fourth-order valence-corrected chi connectivity index (χ4v) is 3.39. The smallest absolute Gasteiger partial charge is 0.247 e. The molecule has 0 radical (unpaired) electrons. The van der Waals surface area contributed by atoms with E-state index in [4.69, 9.17) is 0 Å². The van der Waals surface area contributed by atoms with Gasteiger partial charge in [-0.25, -0.2) is 0 Å². The highest BCUT2D eigenvalue weighted by Gasteiger charge is 2.50. The molecule has 3 amide bonds. The lowest BCUT2D eigenvalue weighted by Gasteiger charge is -2.22. The van der Waals surface area contributed by atoms with Crippen molar-refractivity contribution in [1.82, 2.24) is 4.90 Å². The Hall–Kier alpha value is -2.43. The molecule has 3 rings (SSSR count). The van der Waals surface area contributed by atoms with E-state index in [0.717, 1.165) is 16.0 Å². The van der Waals surface area contributed by atoms with Gasteiger partial charge >= 0.3 is 0 Å². The van der Waals surface area contributed by atoms with E-state index in [-0.39, 0.29) is 29.6 Å². The summed E-state index contributed by atoms with van der Waals surface area (Å²) < 4.78 is 0. The van der Waals surface area contributed by atoms with Crippen molar-refractivity contribution < 1.29 is 14.4 Å². The predicted molar refractivity (Wildman–Crippen MR) is 91.2 cm³/mol. The van der Waals surface area contributed by atoms with Gasteiger partial charge in [0.2, 0.25) is 17.7 Å². The number of benzene rings is 1. The van der Waals surface area contributed by atoms with Gasteiger partial charge in [-0.2, -0.15) is 0 Å². The number of nitrogens with one attached hydrogen (secondary N) is 1. The number of rotatable bonds is 3.